The number of rotatable bonds is 3. The highest BCUT2D eigenvalue weighted by Crippen LogP contribution is 2.36. The van der Waals surface area contributed by atoms with Gasteiger partial charge in [0.25, 0.3) is 0 Å². The lowest BCUT2D eigenvalue weighted by Gasteiger charge is -2.21. The lowest BCUT2D eigenvalue weighted by atomic mass is 10.1. The number of benzene rings is 1. The van der Waals surface area contributed by atoms with Crippen molar-refractivity contribution in [3.05, 3.63) is 47.7 Å². The summed E-state index contributed by atoms with van der Waals surface area (Å²) in [5.41, 5.74) is 5.83. The molecule has 4 nitrogen and oxygen atoms in total. The molecule has 0 aliphatic heterocycles. The first-order valence-electron chi connectivity index (χ1n) is 5.76. The fourth-order valence-corrected chi connectivity index (χ4v) is 1.69. The number of aromatic nitrogens is 2. The van der Waals surface area contributed by atoms with Gasteiger partial charge >= 0.3 is 6.18 Å². The van der Waals surface area contributed by atoms with Crippen LogP contribution in [0.3, 0.4) is 0 Å². The van der Waals surface area contributed by atoms with Gasteiger partial charge in [0.1, 0.15) is 0 Å². The quantitative estimate of drug-likeness (QED) is 0.940. The molecule has 0 amide bonds. The zero-order chi connectivity index (χ0) is 14.8. The molecule has 0 saturated heterocycles. The van der Waals surface area contributed by atoms with Crippen LogP contribution in [0, 0.1) is 6.92 Å². The van der Waals surface area contributed by atoms with E-state index >= 15 is 0 Å². The Morgan fingerprint density at radius 3 is 2.35 bits per heavy atom. The van der Waals surface area contributed by atoms with E-state index in [1.807, 2.05) is 0 Å². The number of aryl methyl sites for hydroxylation is 1. The molecule has 0 saturated carbocycles. The van der Waals surface area contributed by atoms with E-state index in [4.69, 9.17) is 10.5 Å². The number of hydrogen-bond acceptors (Lipinski definition) is 4. The van der Waals surface area contributed by atoms with Gasteiger partial charge in [-0.2, -0.15) is 18.2 Å². The van der Waals surface area contributed by atoms with Gasteiger partial charge in [-0.25, -0.2) is 4.98 Å². The van der Waals surface area contributed by atoms with Crippen LogP contribution in [0.4, 0.5) is 19.1 Å². The van der Waals surface area contributed by atoms with Gasteiger partial charge in [0.2, 0.25) is 17.9 Å². The Morgan fingerprint density at radius 2 is 1.80 bits per heavy atom. The maximum atomic E-state index is 13.1. The van der Waals surface area contributed by atoms with Crippen LogP contribution in [0.1, 0.15) is 17.4 Å². The molecule has 1 aromatic carbocycles. The van der Waals surface area contributed by atoms with E-state index in [-0.39, 0.29) is 17.4 Å². The summed E-state index contributed by atoms with van der Waals surface area (Å²) in [5, 5.41) is 0. The Kier molecular flexibility index (Phi) is 3.78. The molecule has 0 fully saturated rings. The lowest BCUT2D eigenvalue weighted by Crippen LogP contribution is -2.26. The second-order valence-corrected chi connectivity index (χ2v) is 4.16. The topological polar surface area (TPSA) is 61.0 Å². The largest absolute Gasteiger partial charge is 0.460 e. The van der Waals surface area contributed by atoms with Crippen LogP contribution in [0.25, 0.3) is 0 Å². The smallest absolute Gasteiger partial charge is 0.429 e. The maximum Gasteiger partial charge on any atom is 0.429 e. The summed E-state index contributed by atoms with van der Waals surface area (Å²) >= 11 is 0. The summed E-state index contributed by atoms with van der Waals surface area (Å²) in [7, 11) is 0. The molecular weight excluding hydrogens is 271 g/mol. The van der Waals surface area contributed by atoms with Gasteiger partial charge in [-0.05, 0) is 6.92 Å². The third-order valence-electron chi connectivity index (χ3n) is 2.49. The van der Waals surface area contributed by atoms with E-state index in [1.54, 1.807) is 13.0 Å². The summed E-state index contributed by atoms with van der Waals surface area (Å²) in [6.07, 6.45) is -6.66. The van der Waals surface area contributed by atoms with Crippen molar-refractivity contribution in [2.75, 3.05) is 5.73 Å². The van der Waals surface area contributed by atoms with E-state index in [1.165, 1.54) is 30.3 Å². The van der Waals surface area contributed by atoms with E-state index in [9.17, 15) is 13.2 Å². The zero-order valence-corrected chi connectivity index (χ0v) is 10.6. The number of hydrogen-bond donors (Lipinski definition) is 1. The van der Waals surface area contributed by atoms with Crippen molar-refractivity contribution in [3.63, 3.8) is 0 Å². The average Bonchev–Trinajstić information content (AvgIpc) is 2.34. The zero-order valence-electron chi connectivity index (χ0n) is 10.6. The Balaban J connectivity index is 2.34. The number of alkyl halides is 3. The average molecular weight is 283 g/mol. The Labute approximate surface area is 113 Å². The molecule has 0 aliphatic carbocycles. The molecular formula is C13H12F3N3O. The summed E-state index contributed by atoms with van der Waals surface area (Å²) in [4.78, 5) is 7.44. The SMILES string of the molecule is Cc1cc(OC(c2ccccc2)C(F)(F)F)nc(N)n1. The van der Waals surface area contributed by atoms with E-state index in [0.717, 1.165) is 0 Å². The Hall–Kier alpha value is -2.31. The van der Waals surface area contributed by atoms with Crippen molar-refractivity contribution in [1.29, 1.82) is 0 Å². The highest BCUT2D eigenvalue weighted by atomic mass is 19.4. The number of ether oxygens (including phenoxy) is 1. The second-order valence-electron chi connectivity index (χ2n) is 4.16. The maximum absolute atomic E-state index is 13.1. The van der Waals surface area contributed by atoms with Crippen molar-refractivity contribution in [2.45, 2.75) is 19.2 Å². The number of nitrogens with zero attached hydrogens (tertiary/aromatic N) is 2. The van der Waals surface area contributed by atoms with E-state index < -0.39 is 12.3 Å². The van der Waals surface area contributed by atoms with Crippen LogP contribution in [0.15, 0.2) is 36.4 Å². The summed E-state index contributed by atoms with van der Waals surface area (Å²) in [5.74, 6) is -0.338. The summed E-state index contributed by atoms with van der Waals surface area (Å²) < 4.78 is 44.2. The molecule has 1 unspecified atom stereocenters. The molecule has 0 aliphatic rings. The minimum atomic E-state index is -4.56. The van der Waals surface area contributed by atoms with Gasteiger partial charge in [0.05, 0.1) is 0 Å². The van der Waals surface area contributed by atoms with Gasteiger partial charge < -0.3 is 10.5 Å². The molecule has 20 heavy (non-hydrogen) atoms. The molecule has 2 N–H and O–H groups in total. The molecule has 106 valence electrons. The van der Waals surface area contributed by atoms with Crippen LogP contribution in [0.2, 0.25) is 0 Å². The highest BCUT2D eigenvalue weighted by molar-refractivity contribution is 5.27. The highest BCUT2D eigenvalue weighted by Gasteiger charge is 2.43. The first-order valence-corrected chi connectivity index (χ1v) is 5.76. The summed E-state index contributed by atoms with van der Waals surface area (Å²) in [6, 6.07) is 8.64. The molecule has 0 bridgehead atoms. The van der Waals surface area contributed by atoms with Crippen molar-refractivity contribution in [3.8, 4) is 5.88 Å². The monoisotopic (exact) mass is 283 g/mol. The predicted molar refractivity (Wildman–Crippen MR) is 67.0 cm³/mol. The first-order chi connectivity index (χ1) is 9.36. The molecule has 1 aromatic heterocycles. The first kappa shape index (κ1) is 14.1. The molecule has 2 aromatic rings. The van der Waals surface area contributed by atoms with Crippen molar-refractivity contribution in [1.82, 2.24) is 9.97 Å². The van der Waals surface area contributed by atoms with Crippen LogP contribution < -0.4 is 10.5 Å². The van der Waals surface area contributed by atoms with Crippen molar-refractivity contribution in [2.24, 2.45) is 0 Å². The Morgan fingerprint density at radius 1 is 1.15 bits per heavy atom. The predicted octanol–water partition coefficient (Wildman–Crippen LogP) is 3.05. The normalized spacial score (nSPS) is 13.0. The molecule has 2 rings (SSSR count). The third kappa shape index (κ3) is 3.37. The van der Waals surface area contributed by atoms with E-state index in [0.29, 0.717) is 5.69 Å². The van der Waals surface area contributed by atoms with Crippen molar-refractivity contribution < 1.29 is 17.9 Å². The standard InChI is InChI=1S/C13H12F3N3O/c1-8-7-10(19-12(17)18-8)20-11(13(14,15)16)9-5-3-2-4-6-9/h2-7,11H,1H3,(H2,17,18,19). The fraction of sp³-hybridized carbons (Fsp3) is 0.231. The summed E-state index contributed by atoms with van der Waals surface area (Å²) in [6.45, 7) is 1.59. The van der Waals surface area contributed by atoms with Gasteiger partial charge in [-0.15, -0.1) is 0 Å². The number of nitrogens with two attached hydrogens (primary N) is 1. The minimum absolute atomic E-state index is 0.00478. The molecule has 1 atom stereocenters. The second kappa shape index (κ2) is 5.36. The number of halogens is 3. The third-order valence-corrected chi connectivity index (χ3v) is 2.49. The fourth-order valence-electron chi connectivity index (χ4n) is 1.69. The lowest BCUT2D eigenvalue weighted by molar-refractivity contribution is -0.198. The molecule has 0 radical (unpaired) electrons. The van der Waals surface area contributed by atoms with Gasteiger partial charge in [-0.3, -0.25) is 0 Å². The van der Waals surface area contributed by atoms with Crippen LogP contribution in [0.5, 0.6) is 5.88 Å². The molecule has 0 spiro atoms. The van der Waals surface area contributed by atoms with Gasteiger partial charge in [0, 0.05) is 17.3 Å². The van der Waals surface area contributed by atoms with Crippen LogP contribution >= 0.6 is 0 Å². The molecule has 1 heterocycles. The van der Waals surface area contributed by atoms with Crippen LogP contribution in [-0.2, 0) is 0 Å². The minimum Gasteiger partial charge on any atom is -0.460 e. The Bertz CT molecular complexity index is 567. The number of anilines is 1. The van der Waals surface area contributed by atoms with Crippen molar-refractivity contribution >= 4 is 5.95 Å². The van der Waals surface area contributed by atoms with Gasteiger partial charge in [-0.1, -0.05) is 30.3 Å². The number of nitrogen functional groups attached to an aromatic ring is 1. The van der Waals surface area contributed by atoms with Gasteiger partial charge in [0.15, 0.2) is 0 Å². The van der Waals surface area contributed by atoms with Crippen LogP contribution in [-0.4, -0.2) is 16.1 Å². The molecule has 7 heteroatoms. The van der Waals surface area contributed by atoms with E-state index in [2.05, 4.69) is 9.97 Å².